The molecule has 2 aromatic carbocycles. The van der Waals surface area contributed by atoms with Gasteiger partial charge in [0.1, 0.15) is 5.76 Å². The summed E-state index contributed by atoms with van der Waals surface area (Å²) >= 11 is 0. The van der Waals surface area contributed by atoms with Crippen LogP contribution in [0.4, 0.5) is 0 Å². The largest absolute Gasteiger partial charge is 0.426 e. The fourth-order valence-electron chi connectivity index (χ4n) is 3.10. The number of sulfonamides is 1. The van der Waals surface area contributed by atoms with E-state index < -0.39 is 16.0 Å². The van der Waals surface area contributed by atoms with Crippen LogP contribution in [0.2, 0.25) is 0 Å². The maximum absolute atomic E-state index is 13.4. The third-order valence-electron chi connectivity index (χ3n) is 4.64. The standard InChI is InChI=1S/C24H23NO5S/c1-18-12-14-22(15-13-18)31(28,29)25-16-21(27)10-6-7-11-24(30-19(2)26)23(17-25)20-8-4-3-5-9-20/h3-15H,16-17H2,1-2H3/b10-6-,11-7-,24-23+. The van der Waals surface area contributed by atoms with Crippen LogP contribution >= 0.6 is 0 Å². The van der Waals surface area contributed by atoms with E-state index in [1.165, 1.54) is 31.2 Å². The van der Waals surface area contributed by atoms with Crippen LogP contribution in [0.15, 0.2) is 89.6 Å². The predicted molar refractivity (Wildman–Crippen MR) is 118 cm³/mol. The van der Waals surface area contributed by atoms with Crippen molar-refractivity contribution in [2.24, 2.45) is 0 Å². The lowest BCUT2D eigenvalue weighted by molar-refractivity contribution is -0.136. The van der Waals surface area contributed by atoms with Crippen LogP contribution < -0.4 is 0 Å². The van der Waals surface area contributed by atoms with Gasteiger partial charge in [0.05, 0.1) is 11.4 Å². The molecule has 0 bridgehead atoms. The number of hydrogen-bond donors (Lipinski definition) is 0. The molecule has 1 aliphatic heterocycles. The van der Waals surface area contributed by atoms with E-state index >= 15 is 0 Å². The molecule has 0 unspecified atom stereocenters. The van der Waals surface area contributed by atoms with E-state index in [2.05, 4.69) is 0 Å². The zero-order valence-corrected chi connectivity index (χ0v) is 18.1. The quantitative estimate of drug-likeness (QED) is 0.682. The van der Waals surface area contributed by atoms with Gasteiger partial charge in [0.15, 0.2) is 5.78 Å². The van der Waals surface area contributed by atoms with Gasteiger partial charge in [-0.3, -0.25) is 9.59 Å². The summed E-state index contributed by atoms with van der Waals surface area (Å²) in [6.07, 6.45) is 5.93. The molecule has 1 heterocycles. The van der Waals surface area contributed by atoms with Crippen molar-refractivity contribution < 1.29 is 22.7 Å². The van der Waals surface area contributed by atoms with Gasteiger partial charge in [0.2, 0.25) is 10.0 Å². The van der Waals surface area contributed by atoms with Crippen LogP contribution in [0.5, 0.6) is 0 Å². The number of carbonyl (C=O) groups excluding carboxylic acids is 2. The Morgan fingerprint density at radius 2 is 1.58 bits per heavy atom. The molecule has 160 valence electrons. The minimum absolute atomic E-state index is 0.0870. The number of ether oxygens (including phenoxy) is 1. The van der Waals surface area contributed by atoms with Crippen molar-refractivity contribution in [1.82, 2.24) is 4.31 Å². The molecule has 0 aliphatic carbocycles. The Morgan fingerprint density at radius 1 is 0.935 bits per heavy atom. The Morgan fingerprint density at radius 3 is 2.23 bits per heavy atom. The van der Waals surface area contributed by atoms with E-state index in [-0.39, 0.29) is 29.5 Å². The molecule has 3 rings (SSSR count). The lowest BCUT2D eigenvalue weighted by Gasteiger charge is -2.24. The van der Waals surface area contributed by atoms with Crippen molar-refractivity contribution in [3.8, 4) is 0 Å². The number of esters is 1. The maximum Gasteiger partial charge on any atom is 0.308 e. The average Bonchev–Trinajstić information content (AvgIpc) is 2.74. The third-order valence-corrected chi connectivity index (χ3v) is 6.45. The van der Waals surface area contributed by atoms with Crippen LogP contribution in [-0.2, 0) is 24.3 Å². The van der Waals surface area contributed by atoms with Crippen LogP contribution in [0.3, 0.4) is 0 Å². The number of rotatable bonds is 4. The normalized spacial score (nSPS) is 20.1. The molecule has 0 saturated heterocycles. The lowest BCUT2D eigenvalue weighted by Crippen LogP contribution is -2.37. The van der Waals surface area contributed by atoms with E-state index in [0.29, 0.717) is 11.1 Å². The first kappa shape index (κ1) is 22.4. The summed E-state index contributed by atoms with van der Waals surface area (Å²) in [7, 11) is -3.99. The first-order valence-corrected chi connectivity index (χ1v) is 11.1. The molecule has 0 atom stereocenters. The summed E-state index contributed by atoms with van der Waals surface area (Å²) in [5.74, 6) is -0.663. The van der Waals surface area contributed by atoms with Gasteiger partial charge in [-0.2, -0.15) is 4.31 Å². The van der Waals surface area contributed by atoms with E-state index in [1.807, 2.05) is 13.0 Å². The van der Waals surface area contributed by atoms with Crippen molar-refractivity contribution in [3.05, 3.63) is 95.8 Å². The SMILES string of the molecule is CC(=O)OC1=C(/c2ccccc2)CN(S(=O)(=O)c2ccc(C)cc2)CC(=O)\C=C/C=C\1. The summed E-state index contributed by atoms with van der Waals surface area (Å²) in [6.45, 7) is 2.65. The molecule has 0 fully saturated rings. The molecular weight excluding hydrogens is 414 g/mol. The summed E-state index contributed by atoms with van der Waals surface area (Å²) < 4.78 is 33.3. The Labute approximate surface area is 182 Å². The summed E-state index contributed by atoms with van der Waals surface area (Å²) in [5, 5.41) is 0. The molecule has 0 radical (unpaired) electrons. The number of allylic oxidation sites excluding steroid dienone is 3. The highest BCUT2D eigenvalue weighted by atomic mass is 32.2. The topological polar surface area (TPSA) is 80.8 Å². The molecular formula is C24H23NO5S. The smallest absolute Gasteiger partial charge is 0.308 e. The van der Waals surface area contributed by atoms with Crippen LogP contribution in [0.25, 0.3) is 5.57 Å². The Bertz CT molecular complexity index is 1160. The molecule has 0 saturated carbocycles. The van der Waals surface area contributed by atoms with Gasteiger partial charge in [-0.1, -0.05) is 60.2 Å². The highest BCUT2D eigenvalue weighted by molar-refractivity contribution is 7.89. The van der Waals surface area contributed by atoms with Gasteiger partial charge >= 0.3 is 5.97 Å². The molecule has 0 spiro atoms. The van der Waals surface area contributed by atoms with Crippen molar-refractivity contribution >= 4 is 27.3 Å². The highest BCUT2D eigenvalue weighted by Crippen LogP contribution is 2.26. The van der Waals surface area contributed by atoms with Gasteiger partial charge in [-0.25, -0.2) is 8.42 Å². The van der Waals surface area contributed by atoms with Gasteiger partial charge in [-0.15, -0.1) is 0 Å². The second-order valence-corrected chi connectivity index (χ2v) is 9.01. The Kier molecular flexibility index (Phi) is 6.99. The Balaban J connectivity index is 2.17. The van der Waals surface area contributed by atoms with Crippen LogP contribution in [0.1, 0.15) is 18.1 Å². The minimum atomic E-state index is -3.99. The molecule has 2 aromatic rings. The minimum Gasteiger partial charge on any atom is -0.426 e. The molecule has 1 aliphatic rings. The van der Waals surface area contributed by atoms with Crippen molar-refractivity contribution in [2.45, 2.75) is 18.7 Å². The summed E-state index contributed by atoms with van der Waals surface area (Å²) in [4.78, 5) is 24.2. The summed E-state index contributed by atoms with van der Waals surface area (Å²) in [5.41, 5.74) is 2.08. The van der Waals surface area contributed by atoms with E-state index in [0.717, 1.165) is 9.87 Å². The molecule has 0 amide bonds. The van der Waals surface area contributed by atoms with E-state index in [1.54, 1.807) is 48.6 Å². The summed E-state index contributed by atoms with van der Waals surface area (Å²) in [6, 6.07) is 15.5. The van der Waals surface area contributed by atoms with Gasteiger partial charge in [0, 0.05) is 19.0 Å². The zero-order valence-electron chi connectivity index (χ0n) is 17.3. The van der Waals surface area contributed by atoms with E-state index in [4.69, 9.17) is 4.74 Å². The van der Waals surface area contributed by atoms with Gasteiger partial charge in [0.25, 0.3) is 0 Å². The molecule has 31 heavy (non-hydrogen) atoms. The van der Waals surface area contributed by atoms with Crippen molar-refractivity contribution in [2.75, 3.05) is 13.1 Å². The number of carbonyl (C=O) groups is 2. The highest BCUT2D eigenvalue weighted by Gasteiger charge is 2.29. The fraction of sp³-hybridized carbons (Fsp3) is 0.167. The second kappa shape index (κ2) is 9.68. The van der Waals surface area contributed by atoms with Crippen molar-refractivity contribution in [3.63, 3.8) is 0 Å². The molecule has 0 aromatic heterocycles. The maximum atomic E-state index is 13.4. The first-order valence-electron chi connectivity index (χ1n) is 9.69. The fourth-order valence-corrected chi connectivity index (χ4v) is 4.47. The zero-order chi connectivity index (χ0) is 22.4. The van der Waals surface area contributed by atoms with Gasteiger partial charge < -0.3 is 4.74 Å². The first-order chi connectivity index (χ1) is 14.8. The molecule has 0 N–H and O–H groups in total. The third kappa shape index (κ3) is 5.65. The predicted octanol–water partition coefficient (Wildman–Crippen LogP) is 3.66. The van der Waals surface area contributed by atoms with Crippen LogP contribution in [-0.4, -0.2) is 37.6 Å². The molecule has 6 nitrogen and oxygen atoms in total. The number of ketones is 1. The number of aryl methyl sites for hydroxylation is 1. The lowest BCUT2D eigenvalue weighted by atomic mass is 10.0. The monoisotopic (exact) mass is 437 g/mol. The van der Waals surface area contributed by atoms with Crippen LogP contribution in [0, 0.1) is 6.92 Å². The van der Waals surface area contributed by atoms with Gasteiger partial charge in [-0.05, 0) is 36.8 Å². The number of benzene rings is 2. The second-order valence-electron chi connectivity index (χ2n) is 7.07. The Hall–Kier alpha value is -3.29. The number of nitrogens with zero attached hydrogens (tertiary/aromatic N) is 1. The van der Waals surface area contributed by atoms with Crippen molar-refractivity contribution in [1.29, 1.82) is 0 Å². The van der Waals surface area contributed by atoms with E-state index in [9.17, 15) is 18.0 Å². The number of hydrogen-bond acceptors (Lipinski definition) is 5. The molecule has 7 heteroatoms. The average molecular weight is 438 g/mol.